The monoisotopic (exact) mass is 269 g/mol. The molecule has 0 aromatic heterocycles. The summed E-state index contributed by atoms with van der Waals surface area (Å²) >= 11 is 0. The van der Waals surface area contributed by atoms with Crippen molar-refractivity contribution in [2.75, 3.05) is 0 Å². The summed E-state index contributed by atoms with van der Waals surface area (Å²) in [5.74, 6) is -0.262. The maximum Gasteiger partial charge on any atom is 0.143 e. The minimum atomic E-state index is -0.444. The Balaban J connectivity index is 2.10. The van der Waals surface area contributed by atoms with Gasteiger partial charge in [0.1, 0.15) is 11.6 Å². The van der Waals surface area contributed by atoms with Crippen LogP contribution >= 0.6 is 0 Å². The van der Waals surface area contributed by atoms with Crippen molar-refractivity contribution in [1.82, 2.24) is 0 Å². The SMILES string of the molecule is N#CCCCc1ccccc1CC1C(=O)CCCC1=O. The van der Waals surface area contributed by atoms with E-state index in [0.717, 1.165) is 24.0 Å². The van der Waals surface area contributed by atoms with Gasteiger partial charge in [-0.2, -0.15) is 5.26 Å². The zero-order valence-corrected chi connectivity index (χ0v) is 11.6. The molecule has 0 atom stereocenters. The molecule has 0 amide bonds. The molecule has 0 saturated heterocycles. The predicted octanol–water partition coefficient (Wildman–Crippen LogP) is 3.01. The van der Waals surface area contributed by atoms with Gasteiger partial charge in [0.05, 0.1) is 12.0 Å². The highest BCUT2D eigenvalue weighted by atomic mass is 16.2. The standard InChI is InChI=1S/C17H19NO2/c18-11-4-3-7-13-6-1-2-8-14(13)12-15-16(19)9-5-10-17(15)20/h1-2,6,8,15H,3-5,7,9-10,12H2. The Labute approximate surface area is 119 Å². The average Bonchev–Trinajstić information content (AvgIpc) is 2.45. The van der Waals surface area contributed by atoms with Crippen LogP contribution in [0.1, 0.15) is 43.2 Å². The van der Waals surface area contributed by atoms with Crippen LogP contribution in [-0.2, 0) is 22.4 Å². The van der Waals surface area contributed by atoms with Crippen molar-refractivity contribution < 1.29 is 9.59 Å². The molecule has 1 fully saturated rings. The molecule has 2 rings (SSSR count). The second-order valence-electron chi connectivity index (χ2n) is 5.32. The lowest BCUT2D eigenvalue weighted by Crippen LogP contribution is -2.30. The fourth-order valence-electron chi connectivity index (χ4n) is 2.77. The maximum absolute atomic E-state index is 11.9. The zero-order chi connectivity index (χ0) is 14.4. The first-order valence-electron chi connectivity index (χ1n) is 7.21. The van der Waals surface area contributed by atoms with E-state index in [9.17, 15) is 9.59 Å². The second kappa shape index (κ2) is 7.00. The van der Waals surface area contributed by atoms with Gasteiger partial charge in [-0.05, 0) is 36.8 Å². The molecule has 0 spiro atoms. The van der Waals surface area contributed by atoms with Crippen molar-refractivity contribution in [3.05, 3.63) is 35.4 Å². The summed E-state index contributed by atoms with van der Waals surface area (Å²) in [5, 5.41) is 8.60. The molecular formula is C17H19NO2. The van der Waals surface area contributed by atoms with Gasteiger partial charge in [-0.1, -0.05) is 24.3 Å². The molecule has 1 saturated carbocycles. The minimum absolute atomic E-state index is 0.0908. The summed E-state index contributed by atoms with van der Waals surface area (Å²) in [6.07, 6.45) is 4.49. The van der Waals surface area contributed by atoms with Gasteiger partial charge >= 0.3 is 0 Å². The molecule has 0 N–H and O–H groups in total. The Morgan fingerprint density at radius 2 is 1.75 bits per heavy atom. The lowest BCUT2D eigenvalue weighted by molar-refractivity contribution is -0.135. The van der Waals surface area contributed by atoms with Crippen LogP contribution in [0.25, 0.3) is 0 Å². The van der Waals surface area contributed by atoms with Crippen LogP contribution in [0.5, 0.6) is 0 Å². The number of Topliss-reactive ketones (excluding diaryl/α,β-unsaturated/α-hetero) is 2. The summed E-state index contributed by atoms with van der Waals surface area (Å²) in [6, 6.07) is 10.1. The number of ketones is 2. The number of hydrogen-bond acceptors (Lipinski definition) is 3. The highest BCUT2D eigenvalue weighted by Crippen LogP contribution is 2.23. The summed E-state index contributed by atoms with van der Waals surface area (Å²) in [6.45, 7) is 0. The number of unbranched alkanes of at least 4 members (excludes halogenated alkanes) is 1. The first-order chi connectivity index (χ1) is 9.72. The van der Waals surface area contributed by atoms with E-state index in [2.05, 4.69) is 6.07 Å². The van der Waals surface area contributed by atoms with E-state index in [-0.39, 0.29) is 11.6 Å². The number of carbonyl (C=O) groups excluding carboxylic acids is 2. The van der Waals surface area contributed by atoms with Crippen molar-refractivity contribution in [1.29, 1.82) is 5.26 Å². The number of nitrogens with zero attached hydrogens (tertiary/aromatic N) is 1. The third-order valence-corrected chi connectivity index (χ3v) is 3.90. The molecule has 3 nitrogen and oxygen atoms in total. The molecule has 1 aliphatic carbocycles. The van der Waals surface area contributed by atoms with E-state index in [1.807, 2.05) is 24.3 Å². The fraction of sp³-hybridized carbons (Fsp3) is 0.471. The second-order valence-corrected chi connectivity index (χ2v) is 5.32. The number of hydrogen-bond donors (Lipinski definition) is 0. The van der Waals surface area contributed by atoms with Crippen molar-refractivity contribution >= 4 is 11.6 Å². The molecule has 0 radical (unpaired) electrons. The van der Waals surface area contributed by atoms with Crippen molar-refractivity contribution in [3.8, 4) is 6.07 Å². The molecule has 0 heterocycles. The van der Waals surface area contributed by atoms with Crippen LogP contribution < -0.4 is 0 Å². The van der Waals surface area contributed by atoms with E-state index in [1.165, 1.54) is 0 Å². The Kier molecular flexibility index (Phi) is 5.06. The Bertz CT molecular complexity index is 526. The summed E-state index contributed by atoms with van der Waals surface area (Å²) in [5.41, 5.74) is 2.24. The van der Waals surface area contributed by atoms with E-state index < -0.39 is 5.92 Å². The predicted molar refractivity (Wildman–Crippen MR) is 76.1 cm³/mol. The Morgan fingerprint density at radius 3 is 2.40 bits per heavy atom. The molecule has 0 unspecified atom stereocenters. The third-order valence-electron chi connectivity index (χ3n) is 3.90. The third kappa shape index (κ3) is 3.54. The average molecular weight is 269 g/mol. The van der Waals surface area contributed by atoms with Gasteiger partial charge in [-0.25, -0.2) is 0 Å². The van der Waals surface area contributed by atoms with Gasteiger partial charge in [-0.15, -0.1) is 0 Å². The Hall–Kier alpha value is -1.95. The van der Waals surface area contributed by atoms with Gasteiger partial charge in [0.2, 0.25) is 0 Å². The van der Waals surface area contributed by atoms with Crippen LogP contribution in [0.2, 0.25) is 0 Å². The Morgan fingerprint density at radius 1 is 1.10 bits per heavy atom. The van der Waals surface area contributed by atoms with E-state index >= 15 is 0 Å². The molecule has 1 aromatic rings. The van der Waals surface area contributed by atoms with Crippen molar-refractivity contribution in [2.24, 2.45) is 5.92 Å². The summed E-state index contributed by atoms with van der Waals surface area (Å²) in [7, 11) is 0. The van der Waals surface area contributed by atoms with E-state index in [1.54, 1.807) is 0 Å². The van der Waals surface area contributed by atoms with Gasteiger partial charge in [0.25, 0.3) is 0 Å². The topological polar surface area (TPSA) is 57.9 Å². The van der Waals surface area contributed by atoms with E-state index in [0.29, 0.717) is 32.1 Å². The fourth-order valence-corrected chi connectivity index (χ4v) is 2.77. The number of rotatable bonds is 5. The lowest BCUT2D eigenvalue weighted by atomic mass is 9.81. The molecule has 3 heteroatoms. The maximum atomic E-state index is 11.9. The molecule has 0 aliphatic heterocycles. The summed E-state index contributed by atoms with van der Waals surface area (Å²) in [4.78, 5) is 23.8. The molecule has 20 heavy (non-hydrogen) atoms. The van der Waals surface area contributed by atoms with Crippen LogP contribution in [0.4, 0.5) is 0 Å². The first-order valence-corrected chi connectivity index (χ1v) is 7.21. The van der Waals surface area contributed by atoms with Crippen LogP contribution in [0.15, 0.2) is 24.3 Å². The molecule has 0 bridgehead atoms. The van der Waals surface area contributed by atoms with Crippen LogP contribution in [-0.4, -0.2) is 11.6 Å². The highest BCUT2D eigenvalue weighted by Gasteiger charge is 2.30. The van der Waals surface area contributed by atoms with Crippen LogP contribution in [0, 0.1) is 17.2 Å². The molecule has 1 aromatic carbocycles. The smallest absolute Gasteiger partial charge is 0.143 e. The number of nitriles is 1. The number of carbonyl (C=O) groups is 2. The molecular weight excluding hydrogens is 250 g/mol. The number of benzene rings is 1. The highest BCUT2D eigenvalue weighted by molar-refractivity contribution is 6.04. The normalized spacial score (nSPS) is 16.1. The van der Waals surface area contributed by atoms with Crippen LogP contribution in [0.3, 0.4) is 0 Å². The summed E-state index contributed by atoms with van der Waals surface area (Å²) < 4.78 is 0. The van der Waals surface area contributed by atoms with Crippen molar-refractivity contribution in [3.63, 3.8) is 0 Å². The minimum Gasteiger partial charge on any atom is -0.299 e. The zero-order valence-electron chi connectivity index (χ0n) is 11.6. The van der Waals surface area contributed by atoms with Gasteiger partial charge in [0.15, 0.2) is 0 Å². The largest absolute Gasteiger partial charge is 0.299 e. The molecule has 1 aliphatic rings. The first kappa shape index (κ1) is 14.5. The lowest BCUT2D eigenvalue weighted by Gasteiger charge is -2.20. The van der Waals surface area contributed by atoms with Crippen molar-refractivity contribution in [2.45, 2.75) is 44.9 Å². The van der Waals surface area contributed by atoms with E-state index in [4.69, 9.17) is 5.26 Å². The van der Waals surface area contributed by atoms with Gasteiger partial charge in [-0.3, -0.25) is 9.59 Å². The van der Waals surface area contributed by atoms with Gasteiger partial charge < -0.3 is 0 Å². The van der Waals surface area contributed by atoms with Gasteiger partial charge in [0, 0.05) is 19.3 Å². The quantitative estimate of drug-likeness (QED) is 0.610. The number of aryl methyl sites for hydroxylation is 1. The molecule has 104 valence electrons.